The molecular formula is C14H20N2O. The molecule has 1 aliphatic heterocycles. The van der Waals surface area contributed by atoms with Gasteiger partial charge in [-0.15, -0.1) is 0 Å². The maximum absolute atomic E-state index is 5.87. The zero-order valence-corrected chi connectivity index (χ0v) is 10.1. The molecule has 1 aromatic carbocycles. The normalized spacial score (nSPS) is 24.4. The molecule has 0 bridgehead atoms. The van der Waals surface area contributed by atoms with Crippen LogP contribution in [0.15, 0.2) is 18.2 Å². The van der Waals surface area contributed by atoms with Gasteiger partial charge >= 0.3 is 0 Å². The number of fused-ring (bicyclic) bond motifs is 1. The quantitative estimate of drug-likeness (QED) is 0.771. The summed E-state index contributed by atoms with van der Waals surface area (Å²) >= 11 is 0. The Balaban J connectivity index is 1.80. The van der Waals surface area contributed by atoms with E-state index in [1.54, 1.807) is 0 Å². The van der Waals surface area contributed by atoms with E-state index in [1.807, 2.05) is 12.1 Å². The van der Waals surface area contributed by atoms with E-state index in [1.165, 1.54) is 31.2 Å². The van der Waals surface area contributed by atoms with Crippen molar-refractivity contribution in [3.8, 4) is 5.75 Å². The molecule has 1 saturated carbocycles. The number of nitrogens with one attached hydrogen (secondary N) is 1. The van der Waals surface area contributed by atoms with Crippen LogP contribution in [0.3, 0.4) is 0 Å². The fourth-order valence-corrected chi connectivity index (χ4v) is 2.96. The standard InChI is InChI=1S/C14H20N2O/c15-10-5-6-14-12(9-10)13(7-8-17-14)16-11-3-1-2-4-11/h5-6,9,11,13,16H,1-4,7-8,15H2. The van der Waals surface area contributed by atoms with Gasteiger partial charge in [0.25, 0.3) is 0 Å². The Morgan fingerprint density at radius 2 is 2.00 bits per heavy atom. The first-order valence-electron chi connectivity index (χ1n) is 6.61. The molecule has 1 unspecified atom stereocenters. The van der Waals surface area contributed by atoms with Crippen molar-refractivity contribution in [1.29, 1.82) is 0 Å². The zero-order chi connectivity index (χ0) is 11.7. The molecule has 17 heavy (non-hydrogen) atoms. The monoisotopic (exact) mass is 232 g/mol. The molecule has 0 spiro atoms. The van der Waals surface area contributed by atoms with E-state index >= 15 is 0 Å². The summed E-state index contributed by atoms with van der Waals surface area (Å²) in [5, 5.41) is 3.77. The molecule has 1 atom stereocenters. The van der Waals surface area contributed by atoms with Crippen molar-refractivity contribution in [2.24, 2.45) is 0 Å². The molecule has 1 aromatic rings. The van der Waals surface area contributed by atoms with E-state index in [0.717, 1.165) is 24.5 Å². The maximum Gasteiger partial charge on any atom is 0.124 e. The van der Waals surface area contributed by atoms with E-state index in [-0.39, 0.29) is 0 Å². The number of nitrogen functional groups attached to an aromatic ring is 1. The van der Waals surface area contributed by atoms with Gasteiger partial charge in [0.15, 0.2) is 0 Å². The summed E-state index contributed by atoms with van der Waals surface area (Å²) in [5.41, 5.74) is 7.93. The molecule has 0 aromatic heterocycles. The van der Waals surface area contributed by atoms with E-state index in [4.69, 9.17) is 10.5 Å². The second-order valence-corrected chi connectivity index (χ2v) is 5.14. The lowest BCUT2D eigenvalue weighted by molar-refractivity contribution is 0.244. The van der Waals surface area contributed by atoms with Crippen LogP contribution >= 0.6 is 0 Å². The van der Waals surface area contributed by atoms with Gasteiger partial charge in [0.05, 0.1) is 6.61 Å². The van der Waals surface area contributed by atoms with Gasteiger partial charge in [0, 0.05) is 29.8 Å². The first kappa shape index (κ1) is 10.9. The molecule has 1 fully saturated rings. The van der Waals surface area contributed by atoms with Gasteiger partial charge in [-0.2, -0.15) is 0 Å². The van der Waals surface area contributed by atoms with E-state index in [9.17, 15) is 0 Å². The highest BCUT2D eigenvalue weighted by Gasteiger charge is 2.25. The van der Waals surface area contributed by atoms with Crippen LogP contribution < -0.4 is 15.8 Å². The van der Waals surface area contributed by atoms with Crippen LogP contribution in [0.25, 0.3) is 0 Å². The largest absolute Gasteiger partial charge is 0.493 e. The number of nitrogens with two attached hydrogens (primary N) is 1. The Bertz CT molecular complexity index is 399. The Morgan fingerprint density at radius 3 is 2.82 bits per heavy atom. The molecule has 3 heteroatoms. The van der Waals surface area contributed by atoms with Crippen molar-refractivity contribution in [2.75, 3.05) is 12.3 Å². The Kier molecular flexibility index (Phi) is 2.93. The molecule has 0 radical (unpaired) electrons. The number of anilines is 1. The molecule has 0 saturated heterocycles. The van der Waals surface area contributed by atoms with Crippen molar-refractivity contribution < 1.29 is 4.74 Å². The van der Waals surface area contributed by atoms with Crippen LogP contribution in [-0.4, -0.2) is 12.6 Å². The zero-order valence-electron chi connectivity index (χ0n) is 10.1. The topological polar surface area (TPSA) is 47.3 Å². The third-order valence-electron chi connectivity index (χ3n) is 3.87. The summed E-state index contributed by atoms with van der Waals surface area (Å²) in [6.45, 7) is 0.807. The minimum Gasteiger partial charge on any atom is -0.493 e. The van der Waals surface area contributed by atoms with Gasteiger partial charge in [0.1, 0.15) is 5.75 Å². The maximum atomic E-state index is 5.87. The summed E-state index contributed by atoms with van der Waals surface area (Å²) in [6.07, 6.45) is 6.41. The number of benzene rings is 1. The Labute approximate surface area is 102 Å². The van der Waals surface area contributed by atoms with Gasteiger partial charge in [0.2, 0.25) is 0 Å². The second kappa shape index (κ2) is 4.57. The molecule has 3 nitrogen and oxygen atoms in total. The van der Waals surface area contributed by atoms with Crippen molar-refractivity contribution >= 4 is 5.69 Å². The Hall–Kier alpha value is -1.22. The summed E-state index contributed by atoms with van der Waals surface area (Å²) < 4.78 is 5.68. The average molecular weight is 232 g/mol. The van der Waals surface area contributed by atoms with Crippen LogP contribution in [0, 0.1) is 0 Å². The highest BCUT2D eigenvalue weighted by Crippen LogP contribution is 2.34. The number of rotatable bonds is 2. The second-order valence-electron chi connectivity index (χ2n) is 5.14. The van der Waals surface area contributed by atoms with Crippen LogP contribution in [-0.2, 0) is 0 Å². The number of hydrogen-bond acceptors (Lipinski definition) is 3. The summed E-state index contributed by atoms with van der Waals surface area (Å²) in [7, 11) is 0. The first-order chi connectivity index (χ1) is 8.33. The van der Waals surface area contributed by atoms with Gasteiger partial charge in [-0.3, -0.25) is 0 Å². The SMILES string of the molecule is Nc1ccc2c(c1)C(NC1CCCC1)CCO2. The third-order valence-corrected chi connectivity index (χ3v) is 3.87. The fourth-order valence-electron chi connectivity index (χ4n) is 2.96. The van der Waals surface area contributed by atoms with E-state index < -0.39 is 0 Å². The molecule has 3 rings (SSSR count). The lowest BCUT2D eigenvalue weighted by Gasteiger charge is -2.29. The number of hydrogen-bond donors (Lipinski definition) is 2. The molecule has 3 N–H and O–H groups in total. The van der Waals surface area contributed by atoms with Gasteiger partial charge in [-0.1, -0.05) is 12.8 Å². The summed E-state index contributed by atoms with van der Waals surface area (Å²) in [6, 6.07) is 7.07. The van der Waals surface area contributed by atoms with Crippen molar-refractivity contribution in [1.82, 2.24) is 5.32 Å². The predicted octanol–water partition coefficient (Wildman–Crippen LogP) is 2.62. The molecule has 92 valence electrons. The minimum absolute atomic E-state index is 0.422. The van der Waals surface area contributed by atoms with Gasteiger partial charge in [-0.25, -0.2) is 0 Å². The fraction of sp³-hybridized carbons (Fsp3) is 0.571. The highest BCUT2D eigenvalue weighted by atomic mass is 16.5. The lowest BCUT2D eigenvalue weighted by atomic mass is 9.98. The van der Waals surface area contributed by atoms with Gasteiger partial charge in [-0.05, 0) is 31.0 Å². The van der Waals surface area contributed by atoms with E-state index in [2.05, 4.69) is 11.4 Å². The average Bonchev–Trinajstić information content (AvgIpc) is 2.83. The van der Waals surface area contributed by atoms with Gasteiger partial charge < -0.3 is 15.8 Å². The van der Waals surface area contributed by atoms with Crippen LogP contribution in [0.4, 0.5) is 5.69 Å². The van der Waals surface area contributed by atoms with Crippen LogP contribution in [0.5, 0.6) is 5.75 Å². The highest BCUT2D eigenvalue weighted by molar-refractivity contribution is 5.49. The predicted molar refractivity (Wildman–Crippen MR) is 69.1 cm³/mol. The molecule has 2 aliphatic rings. The van der Waals surface area contributed by atoms with Crippen molar-refractivity contribution in [3.63, 3.8) is 0 Å². The van der Waals surface area contributed by atoms with E-state index in [0.29, 0.717) is 12.1 Å². The first-order valence-corrected chi connectivity index (χ1v) is 6.61. The molecule has 0 amide bonds. The van der Waals surface area contributed by atoms with Crippen molar-refractivity contribution in [3.05, 3.63) is 23.8 Å². The molecule has 1 heterocycles. The summed E-state index contributed by atoms with van der Waals surface area (Å²) in [4.78, 5) is 0. The summed E-state index contributed by atoms with van der Waals surface area (Å²) in [5.74, 6) is 1.00. The third kappa shape index (κ3) is 2.25. The van der Waals surface area contributed by atoms with Crippen molar-refractivity contribution in [2.45, 2.75) is 44.2 Å². The van der Waals surface area contributed by atoms with Crippen LogP contribution in [0.2, 0.25) is 0 Å². The smallest absolute Gasteiger partial charge is 0.124 e. The Morgan fingerprint density at radius 1 is 1.18 bits per heavy atom. The van der Waals surface area contributed by atoms with Crippen LogP contribution in [0.1, 0.15) is 43.7 Å². The molecular weight excluding hydrogens is 212 g/mol. The lowest BCUT2D eigenvalue weighted by Crippen LogP contribution is -2.33. The molecule has 1 aliphatic carbocycles. The minimum atomic E-state index is 0.422. The number of ether oxygens (including phenoxy) is 1.